The van der Waals surface area contributed by atoms with Crippen molar-refractivity contribution in [3.63, 3.8) is 0 Å². The summed E-state index contributed by atoms with van der Waals surface area (Å²) >= 11 is 1.68. The fourth-order valence-corrected chi connectivity index (χ4v) is 3.45. The lowest BCUT2D eigenvalue weighted by Gasteiger charge is -2.14. The maximum Gasteiger partial charge on any atom is 0.191 e. The summed E-state index contributed by atoms with van der Waals surface area (Å²) < 4.78 is 15.3. The molecule has 0 fully saturated rings. The van der Waals surface area contributed by atoms with Gasteiger partial charge in [0.1, 0.15) is 5.82 Å². The molecule has 154 valence electrons. The van der Waals surface area contributed by atoms with Crippen LogP contribution in [0.25, 0.3) is 5.69 Å². The first-order chi connectivity index (χ1) is 13.7. The molecule has 1 heterocycles. The summed E-state index contributed by atoms with van der Waals surface area (Å²) in [5.41, 5.74) is 4.21. The highest BCUT2D eigenvalue weighted by molar-refractivity contribution is 14.0. The monoisotopic (exact) mass is 525 g/mol. The highest BCUT2D eigenvalue weighted by Crippen LogP contribution is 2.16. The van der Waals surface area contributed by atoms with Crippen LogP contribution in [0, 0.1) is 5.82 Å². The Morgan fingerprint density at radius 3 is 2.66 bits per heavy atom. The molecule has 0 bridgehead atoms. The van der Waals surface area contributed by atoms with E-state index in [0.29, 0.717) is 19.0 Å². The molecule has 2 aromatic carbocycles. The molecule has 2 N–H and O–H groups in total. The molecule has 3 aromatic rings. The Labute approximate surface area is 192 Å². The van der Waals surface area contributed by atoms with Crippen molar-refractivity contribution in [1.82, 2.24) is 20.4 Å². The van der Waals surface area contributed by atoms with E-state index in [1.807, 2.05) is 41.4 Å². The molecule has 0 amide bonds. The Hall–Kier alpha value is -2.07. The Bertz CT molecular complexity index is 931. The van der Waals surface area contributed by atoms with Crippen molar-refractivity contribution in [2.45, 2.75) is 18.8 Å². The predicted molar refractivity (Wildman–Crippen MR) is 130 cm³/mol. The summed E-state index contributed by atoms with van der Waals surface area (Å²) in [5.74, 6) is 1.28. The lowest BCUT2D eigenvalue weighted by atomic mass is 10.1. The number of aromatic nitrogens is 2. The van der Waals surface area contributed by atoms with Gasteiger partial charge >= 0.3 is 0 Å². The topological polar surface area (TPSA) is 54.2 Å². The van der Waals surface area contributed by atoms with E-state index in [-0.39, 0.29) is 29.8 Å². The summed E-state index contributed by atoms with van der Waals surface area (Å²) in [6.07, 6.45) is 5.69. The number of guanidine groups is 1. The van der Waals surface area contributed by atoms with Crippen molar-refractivity contribution in [2.24, 2.45) is 4.99 Å². The minimum Gasteiger partial charge on any atom is -0.352 e. The van der Waals surface area contributed by atoms with Gasteiger partial charge in [0, 0.05) is 38.3 Å². The average Bonchev–Trinajstić information content (AvgIpc) is 3.25. The van der Waals surface area contributed by atoms with Crippen LogP contribution in [-0.4, -0.2) is 29.0 Å². The first kappa shape index (κ1) is 23.2. The smallest absolute Gasteiger partial charge is 0.191 e. The van der Waals surface area contributed by atoms with Gasteiger partial charge < -0.3 is 10.6 Å². The van der Waals surface area contributed by atoms with E-state index >= 15 is 0 Å². The maximum atomic E-state index is 13.5. The first-order valence-electron chi connectivity index (χ1n) is 8.99. The van der Waals surface area contributed by atoms with E-state index in [9.17, 15) is 4.39 Å². The lowest BCUT2D eigenvalue weighted by Crippen LogP contribution is -2.36. The second kappa shape index (κ2) is 11.8. The van der Waals surface area contributed by atoms with Gasteiger partial charge in [0.15, 0.2) is 5.96 Å². The van der Waals surface area contributed by atoms with E-state index in [1.54, 1.807) is 31.1 Å². The number of aliphatic imine (C=N–C) groups is 1. The van der Waals surface area contributed by atoms with Crippen molar-refractivity contribution in [2.75, 3.05) is 13.3 Å². The fraction of sp³-hybridized carbons (Fsp3) is 0.238. The third kappa shape index (κ3) is 6.74. The number of hydrogen-bond acceptors (Lipinski definition) is 3. The third-order valence-corrected chi connectivity index (χ3v) is 4.88. The number of thioether (sulfide) groups is 1. The van der Waals surface area contributed by atoms with Gasteiger partial charge in [0.05, 0.1) is 5.69 Å². The summed E-state index contributed by atoms with van der Waals surface area (Å²) in [4.78, 5) is 4.28. The molecule has 0 aliphatic heterocycles. The van der Waals surface area contributed by atoms with Gasteiger partial charge in [-0.25, -0.2) is 9.07 Å². The van der Waals surface area contributed by atoms with Gasteiger partial charge in [-0.1, -0.05) is 18.2 Å². The van der Waals surface area contributed by atoms with E-state index in [4.69, 9.17) is 0 Å². The minimum atomic E-state index is -0.202. The molecule has 0 aliphatic rings. The average molecular weight is 525 g/mol. The van der Waals surface area contributed by atoms with Crippen molar-refractivity contribution >= 4 is 41.7 Å². The predicted octanol–water partition coefficient (Wildman–Crippen LogP) is 4.36. The summed E-state index contributed by atoms with van der Waals surface area (Å²) in [6, 6.07) is 15.0. The molecule has 0 saturated heterocycles. The van der Waals surface area contributed by atoms with Crippen LogP contribution in [0.3, 0.4) is 0 Å². The lowest BCUT2D eigenvalue weighted by molar-refractivity contribution is 0.625. The molecule has 29 heavy (non-hydrogen) atoms. The van der Waals surface area contributed by atoms with E-state index in [2.05, 4.69) is 32.9 Å². The molecule has 0 unspecified atom stereocenters. The highest BCUT2D eigenvalue weighted by Gasteiger charge is 2.06. The standard InChI is InChI=1S/C21H24FN5S.HI/c1-23-21(25-14-17-7-8-19(22)12-18(17)15-28-2)24-13-16-5-3-6-20(11-16)27-10-4-9-26-27;/h3-12H,13-15H2,1-2H3,(H2,23,24,25);1H. The molecule has 0 spiro atoms. The molecule has 8 heteroatoms. The van der Waals surface area contributed by atoms with Crippen LogP contribution in [0.1, 0.15) is 16.7 Å². The van der Waals surface area contributed by atoms with Crippen molar-refractivity contribution in [3.8, 4) is 5.69 Å². The molecule has 0 atom stereocenters. The number of hydrogen-bond donors (Lipinski definition) is 2. The fourth-order valence-electron chi connectivity index (χ4n) is 2.87. The van der Waals surface area contributed by atoms with Gasteiger partial charge in [-0.2, -0.15) is 16.9 Å². The quantitative estimate of drug-likeness (QED) is 0.274. The highest BCUT2D eigenvalue weighted by atomic mass is 127. The molecule has 1 aromatic heterocycles. The Balaban J connectivity index is 0.00000300. The molecule has 0 saturated carbocycles. The van der Waals surface area contributed by atoms with Crippen LogP contribution in [0.2, 0.25) is 0 Å². The number of rotatable bonds is 7. The number of benzene rings is 2. The molecule has 3 rings (SSSR count). The molecular formula is C21H25FIN5S. The van der Waals surface area contributed by atoms with Gasteiger partial charge in [-0.05, 0) is 53.3 Å². The Morgan fingerprint density at radius 1 is 1.10 bits per heavy atom. The minimum absolute atomic E-state index is 0. The van der Waals surface area contributed by atoms with E-state index < -0.39 is 0 Å². The summed E-state index contributed by atoms with van der Waals surface area (Å²) in [5, 5.41) is 10.9. The summed E-state index contributed by atoms with van der Waals surface area (Å²) in [6.45, 7) is 1.22. The van der Waals surface area contributed by atoms with Crippen molar-refractivity contribution in [1.29, 1.82) is 0 Å². The zero-order valence-electron chi connectivity index (χ0n) is 16.4. The van der Waals surface area contributed by atoms with Gasteiger partial charge in [0.2, 0.25) is 0 Å². The molecule has 0 radical (unpaired) electrons. The Kier molecular flexibility index (Phi) is 9.46. The van der Waals surface area contributed by atoms with E-state index in [0.717, 1.165) is 28.1 Å². The first-order valence-corrected chi connectivity index (χ1v) is 10.4. The van der Waals surface area contributed by atoms with Crippen LogP contribution in [0.5, 0.6) is 0 Å². The largest absolute Gasteiger partial charge is 0.352 e. The van der Waals surface area contributed by atoms with Crippen molar-refractivity contribution in [3.05, 3.63) is 83.4 Å². The molecule has 5 nitrogen and oxygen atoms in total. The molecular weight excluding hydrogens is 500 g/mol. The van der Waals surface area contributed by atoms with Crippen LogP contribution >= 0.6 is 35.7 Å². The van der Waals surface area contributed by atoms with Crippen LogP contribution in [0.4, 0.5) is 4.39 Å². The van der Waals surface area contributed by atoms with Crippen LogP contribution in [0.15, 0.2) is 65.9 Å². The van der Waals surface area contributed by atoms with Gasteiger partial charge in [0.25, 0.3) is 0 Å². The zero-order valence-corrected chi connectivity index (χ0v) is 19.6. The maximum absolute atomic E-state index is 13.5. The number of halogens is 2. The van der Waals surface area contributed by atoms with Gasteiger partial charge in [-0.3, -0.25) is 4.99 Å². The molecule has 0 aliphatic carbocycles. The second-order valence-corrected chi connectivity index (χ2v) is 7.11. The Morgan fingerprint density at radius 2 is 1.93 bits per heavy atom. The van der Waals surface area contributed by atoms with Crippen molar-refractivity contribution < 1.29 is 4.39 Å². The normalized spacial score (nSPS) is 11.1. The summed E-state index contributed by atoms with van der Waals surface area (Å²) in [7, 11) is 1.74. The second-order valence-electron chi connectivity index (χ2n) is 6.25. The van der Waals surface area contributed by atoms with Gasteiger partial charge in [-0.15, -0.1) is 24.0 Å². The van der Waals surface area contributed by atoms with Crippen LogP contribution in [-0.2, 0) is 18.8 Å². The number of nitrogens with one attached hydrogen (secondary N) is 2. The zero-order chi connectivity index (χ0) is 19.8. The van der Waals surface area contributed by atoms with Crippen LogP contribution < -0.4 is 10.6 Å². The van der Waals surface area contributed by atoms with E-state index in [1.165, 1.54) is 6.07 Å². The third-order valence-electron chi connectivity index (χ3n) is 4.28. The SMILES string of the molecule is CN=C(NCc1cccc(-n2cccn2)c1)NCc1ccc(F)cc1CSC.I. The number of nitrogens with zero attached hydrogens (tertiary/aromatic N) is 3.